The molecule has 0 bridgehead atoms. The first-order valence-electron chi connectivity index (χ1n) is 5.77. The SMILES string of the molecule is CC(NCC1COC(C)(C)O1)c1ccc(Br)s1. The van der Waals surface area contributed by atoms with E-state index in [1.807, 2.05) is 13.8 Å². The van der Waals surface area contributed by atoms with Crippen molar-refractivity contribution in [1.82, 2.24) is 5.32 Å². The van der Waals surface area contributed by atoms with Gasteiger partial charge in [-0.3, -0.25) is 0 Å². The van der Waals surface area contributed by atoms with E-state index >= 15 is 0 Å². The van der Waals surface area contributed by atoms with Crippen LogP contribution in [-0.4, -0.2) is 25.0 Å². The normalized spacial score (nSPS) is 25.1. The van der Waals surface area contributed by atoms with Crippen molar-refractivity contribution in [2.75, 3.05) is 13.2 Å². The largest absolute Gasteiger partial charge is 0.348 e. The number of ether oxygens (including phenoxy) is 2. The van der Waals surface area contributed by atoms with Crippen LogP contribution in [0, 0.1) is 0 Å². The van der Waals surface area contributed by atoms with Crippen LogP contribution in [0.1, 0.15) is 31.7 Å². The van der Waals surface area contributed by atoms with E-state index in [1.54, 1.807) is 11.3 Å². The highest BCUT2D eigenvalue weighted by atomic mass is 79.9. The molecule has 1 aromatic rings. The minimum absolute atomic E-state index is 0.149. The van der Waals surface area contributed by atoms with Crippen molar-refractivity contribution in [3.05, 3.63) is 20.8 Å². The van der Waals surface area contributed by atoms with Gasteiger partial charge in [-0.15, -0.1) is 11.3 Å². The predicted octanol–water partition coefficient (Wildman–Crippen LogP) is 3.31. The molecule has 5 heteroatoms. The highest BCUT2D eigenvalue weighted by Crippen LogP contribution is 2.27. The van der Waals surface area contributed by atoms with Crippen molar-refractivity contribution in [1.29, 1.82) is 0 Å². The summed E-state index contributed by atoms with van der Waals surface area (Å²) in [5.74, 6) is -0.429. The molecule has 2 heterocycles. The second-order valence-corrected chi connectivity index (χ2v) is 7.22. The van der Waals surface area contributed by atoms with E-state index in [9.17, 15) is 0 Å². The zero-order chi connectivity index (χ0) is 12.5. The first-order chi connectivity index (χ1) is 7.96. The Morgan fingerprint density at radius 2 is 2.35 bits per heavy atom. The fraction of sp³-hybridized carbons (Fsp3) is 0.667. The second kappa shape index (κ2) is 5.36. The van der Waals surface area contributed by atoms with Gasteiger partial charge in [-0.25, -0.2) is 0 Å². The Hall–Kier alpha value is 0.0600. The molecule has 17 heavy (non-hydrogen) atoms. The highest BCUT2D eigenvalue weighted by Gasteiger charge is 2.32. The third-order valence-corrected chi connectivity index (χ3v) is 4.55. The molecule has 1 N–H and O–H groups in total. The minimum Gasteiger partial charge on any atom is -0.348 e. The maximum atomic E-state index is 5.75. The molecule has 2 rings (SSSR count). The Bertz CT molecular complexity index is 380. The second-order valence-electron chi connectivity index (χ2n) is 4.72. The fourth-order valence-electron chi connectivity index (χ4n) is 1.83. The van der Waals surface area contributed by atoms with Crippen LogP contribution in [0.3, 0.4) is 0 Å². The Morgan fingerprint density at radius 1 is 1.59 bits per heavy atom. The minimum atomic E-state index is -0.429. The molecule has 0 saturated carbocycles. The number of nitrogens with one attached hydrogen (secondary N) is 1. The zero-order valence-corrected chi connectivity index (χ0v) is 12.7. The molecule has 1 fully saturated rings. The van der Waals surface area contributed by atoms with Gasteiger partial charge in [-0.05, 0) is 48.8 Å². The summed E-state index contributed by atoms with van der Waals surface area (Å²) < 4.78 is 12.4. The lowest BCUT2D eigenvalue weighted by atomic mass is 10.2. The Balaban J connectivity index is 1.79. The molecular weight excluding hydrogens is 302 g/mol. The maximum Gasteiger partial charge on any atom is 0.163 e. The van der Waals surface area contributed by atoms with Crippen LogP contribution in [0.2, 0.25) is 0 Å². The summed E-state index contributed by atoms with van der Waals surface area (Å²) in [5, 5.41) is 3.48. The number of halogens is 1. The number of thiophene rings is 1. The average molecular weight is 320 g/mol. The molecule has 1 aliphatic heterocycles. The molecule has 1 aromatic heterocycles. The lowest BCUT2D eigenvalue weighted by Gasteiger charge is -2.18. The Kier molecular flexibility index (Phi) is 4.26. The van der Waals surface area contributed by atoms with Crippen molar-refractivity contribution >= 4 is 27.3 Å². The molecule has 0 spiro atoms. The third kappa shape index (κ3) is 3.76. The van der Waals surface area contributed by atoms with Gasteiger partial charge in [0.25, 0.3) is 0 Å². The number of rotatable bonds is 4. The lowest BCUT2D eigenvalue weighted by Crippen LogP contribution is -2.31. The van der Waals surface area contributed by atoms with E-state index in [2.05, 4.69) is 40.3 Å². The Labute approximate surface area is 115 Å². The zero-order valence-electron chi connectivity index (χ0n) is 10.3. The Morgan fingerprint density at radius 3 is 2.88 bits per heavy atom. The van der Waals surface area contributed by atoms with Crippen LogP contribution in [0.4, 0.5) is 0 Å². The van der Waals surface area contributed by atoms with E-state index < -0.39 is 5.79 Å². The molecule has 0 amide bonds. The highest BCUT2D eigenvalue weighted by molar-refractivity contribution is 9.11. The molecule has 2 atom stereocenters. The van der Waals surface area contributed by atoms with Crippen molar-refractivity contribution < 1.29 is 9.47 Å². The average Bonchev–Trinajstić information content (AvgIpc) is 2.81. The summed E-state index contributed by atoms with van der Waals surface area (Å²) in [7, 11) is 0. The summed E-state index contributed by atoms with van der Waals surface area (Å²) in [6, 6.07) is 4.57. The summed E-state index contributed by atoms with van der Waals surface area (Å²) >= 11 is 5.24. The topological polar surface area (TPSA) is 30.5 Å². The van der Waals surface area contributed by atoms with E-state index in [0.717, 1.165) is 6.54 Å². The van der Waals surface area contributed by atoms with Gasteiger partial charge in [0.05, 0.1) is 16.5 Å². The van der Waals surface area contributed by atoms with Crippen molar-refractivity contribution in [3.63, 3.8) is 0 Å². The third-order valence-electron chi connectivity index (χ3n) is 2.74. The molecule has 96 valence electrons. The van der Waals surface area contributed by atoms with Crippen molar-refractivity contribution in [3.8, 4) is 0 Å². The van der Waals surface area contributed by atoms with Crippen molar-refractivity contribution in [2.45, 2.75) is 38.7 Å². The van der Waals surface area contributed by atoms with E-state index in [0.29, 0.717) is 12.6 Å². The van der Waals surface area contributed by atoms with Gasteiger partial charge in [-0.2, -0.15) is 0 Å². The van der Waals surface area contributed by atoms with Gasteiger partial charge in [0, 0.05) is 17.5 Å². The standard InChI is InChI=1S/C12H18BrNO2S/c1-8(10-4-5-11(13)17-10)14-6-9-7-15-12(2,3)16-9/h4-5,8-9,14H,6-7H2,1-3H3. The quantitative estimate of drug-likeness (QED) is 0.923. The van der Waals surface area contributed by atoms with Crippen LogP contribution < -0.4 is 5.32 Å². The lowest BCUT2D eigenvalue weighted by molar-refractivity contribution is -0.137. The first kappa shape index (κ1) is 13.5. The predicted molar refractivity (Wildman–Crippen MR) is 73.3 cm³/mol. The van der Waals surface area contributed by atoms with E-state index in [4.69, 9.17) is 9.47 Å². The molecule has 1 aliphatic rings. The van der Waals surface area contributed by atoms with Crippen molar-refractivity contribution in [2.24, 2.45) is 0 Å². The van der Waals surface area contributed by atoms with Crippen LogP contribution in [0.5, 0.6) is 0 Å². The van der Waals surface area contributed by atoms with Crippen LogP contribution in [0.15, 0.2) is 15.9 Å². The van der Waals surface area contributed by atoms with Crippen LogP contribution in [-0.2, 0) is 9.47 Å². The summed E-state index contributed by atoms with van der Waals surface area (Å²) in [5.41, 5.74) is 0. The van der Waals surface area contributed by atoms with Gasteiger partial charge in [-0.1, -0.05) is 0 Å². The summed E-state index contributed by atoms with van der Waals surface area (Å²) in [4.78, 5) is 1.33. The van der Waals surface area contributed by atoms with Crippen LogP contribution in [0.25, 0.3) is 0 Å². The monoisotopic (exact) mass is 319 g/mol. The molecule has 0 radical (unpaired) electrons. The molecule has 1 saturated heterocycles. The van der Waals surface area contributed by atoms with Gasteiger partial charge >= 0.3 is 0 Å². The molecule has 0 aliphatic carbocycles. The van der Waals surface area contributed by atoms with E-state index in [1.165, 1.54) is 8.66 Å². The maximum absolute atomic E-state index is 5.75. The molecular formula is C12H18BrNO2S. The molecule has 2 unspecified atom stereocenters. The molecule has 3 nitrogen and oxygen atoms in total. The number of hydrogen-bond donors (Lipinski definition) is 1. The van der Waals surface area contributed by atoms with Gasteiger partial charge in [0.1, 0.15) is 0 Å². The smallest absolute Gasteiger partial charge is 0.163 e. The first-order valence-corrected chi connectivity index (χ1v) is 7.37. The summed E-state index contributed by atoms with van der Waals surface area (Å²) in [6.45, 7) is 7.56. The molecule has 0 aromatic carbocycles. The van der Waals surface area contributed by atoms with Gasteiger partial charge in [0.2, 0.25) is 0 Å². The summed E-state index contributed by atoms with van der Waals surface area (Å²) in [6.07, 6.45) is 0.149. The number of hydrogen-bond acceptors (Lipinski definition) is 4. The van der Waals surface area contributed by atoms with Gasteiger partial charge in [0.15, 0.2) is 5.79 Å². The van der Waals surface area contributed by atoms with E-state index in [-0.39, 0.29) is 6.10 Å². The van der Waals surface area contributed by atoms with Gasteiger partial charge < -0.3 is 14.8 Å². The fourth-order valence-corrected chi connectivity index (χ4v) is 3.28. The van der Waals surface area contributed by atoms with Crippen LogP contribution >= 0.6 is 27.3 Å².